The highest BCUT2D eigenvalue weighted by Crippen LogP contribution is 2.33. The highest BCUT2D eigenvalue weighted by atomic mass is 16.5. The smallest absolute Gasteiger partial charge is 0.230 e. The van der Waals surface area contributed by atoms with Crippen molar-refractivity contribution in [3.8, 4) is 11.6 Å². The van der Waals surface area contributed by atoms with Gasteiger partial charge < -0.3 is 29.3 Å². The third-order valence-corrected chi connectivity index (χ3v) is 6.52. The minimum absolute atomic E-state index is 0.135. The number of ether oxygens (including phenoxy) is 3. The van der Waals surface area contributed by atoms with Gasteiger partial charge in [0.15, 0.2) is 0 Å². The molecule has 2 aliphatic rings. The molecule has 2 aromatic heterocycles. The lowest BCUT2D eigenvalue weighted by Crippen LogP contribution is -2.36. The van der Waals surface area contributed by atoms with Crippen molar-refractivity contribution in [2.24, 2.45) is 0 Å². The molecule has 0 amide bonds. The van der Waals surface area contributed by atoms with Gasteiger partial charge in [0.05, 0.1) is 31.9 Å². The van der Waals surface area contributed by atoms with Gasteiger partial charge in [0.2, 0.25) is 11.8 Å². The van der Waals surface area contributed by atoms with Gasteiger partial charge in [-0.2, -0.15) is 9.97 Å². The van der Waals surface area contributed by atoms with Crippen molar-refractivity contribution >= 4 is 28.5 Å². The largest absolute Gasteiger partial charge is 0.488 e. The zero-order valence-corrected chi connectivity index (χ0v) is 20.6. The van der Waals surface area contributed by atoms with E-state index in [0.717, 1.165) is 80.3 Å². The predicted molar refractivity (Wildman–Crippen MR) is 136 cm³/mol. The summed E-state index contributed by atoms with van der Waals surface area (Å²) in [6.07, 6.45) is 7.46. The van der Waals surface area contributed by atoms with Gasteiger partial charge in [0, 0.05) is 63.4 Å². The van der Waals surface area contributed by atoms with Crippen molar-refractivity contribution in [3.63, 3.8) is 0 Å². The molecule has 1 saturated carbocycles. The van der Waals surface area contributed by atoms with E-state index in [4.69, 9.17) is 14.2 Å². The van der Waals surface area contributed by atoms with Gasteiger partial charge in [0.25, 0.3) is 0 Å². The van der Waals surface area contributed by atoms with Gasteiger partial charge in [-0.1, -0.05) is 0 Å². The first-order valence-corrected chi connectivity index (χ1v) is 12.2. The van der Waals surface area contributed by atoms with E-state index < -0.39 is 0 Å². The van der Waals surface area contributed by atoms with E-state index in [1.54, 1.807) is 19.5 Å². The van der Waals surface area contributed by atoms with Crippen LogP contribution in [0.5, 0.6) is 11.6 Å². The molecule has 10 nitrogen and oxygen atoms in total. The van der Waals surface area contributed by atoms with Gasteiger partial charge in [-0.05, 0) is 31.7 Å². The summed E-state index contributed by atoms with van der Waals surface area (Å²) in [6, 6.07) is 6.38. The lowest BCUT2D eigenvalue weighted by Gasteiger charge is -2.31. The molecular formula is C25H33N7O3. The van der Waals surface area contributed by atoms with Crippen molar-refractivity contribution in [3.05, 3.63) is 30.6 Å². The van der Waals surface area contributed by atoms with E-state index in [-0.39, 0.29) is 6.10 Å². The number of nitrogens with zero attached hydrogens (tertiary/aromatic N) is 6. The standard InChI is InChI=1S/C25H33N7O3/c1-31(2)25-29-22(16-23(30-25)33-3)28-17-4-6-19(7-5-17)35-21-15-18(32-10-12-34-13-11-32)14-20-24(21)27-9-8-26-20/h8-9,14-17,19H,4-7,10-13H2,1-3H3,(H,28,29,30)/t17-,19+. The highest BCUT2D eigenvalue weighted by Gasteiger charge is 2.25. The van der Waals surface area contributed by atoms with Crippen LogP contribution in [-0.2, 0) is 4.74 Å². The maximum Gasteiger partial charge on any atom is 0.230 e. The van der Waals surface area contributed by atoms with Gasteiger partial charge >= 0.3 is 0 Å². The summed E-state index contributed by atoms with van der Waals surface area (Å²) in [5, 5.41) is 3.56. The van der Waals surface area contributed by atoms with Gasteiger partial charge in [-0.3, -0.25) is 4.98 Å². The average Bonchev–Trinajstić information content (AvgIpc) is 2.90. The molecule has 35 heavy (non-hydrogen) atoms. The van der Waals surface area contributed by atoms with E-state index in [1.807, 2.05) is 25.1 Å². The van der Waals surface area contributed by atoms with E-state index in [2.05, 4.69) is 42.3 Å². The number of benzene rings is 1. The molecule has 186 valence electrons. The van der Waals surface area contributed by atoms with Crippen molar-refractivity contribution in [1.82, 2.24) is 19.9 Å². The number of hydrogen-bond acceptors (Lipinski definition) is 10. The predicted octanol–water partition coefficient (Wildman–Crippen LogP) is 3.13. The molecule has 0 bridgehead atoms. The Morgan fingerprint density at radius 1 is 1.00 bits per heavy atom. The molecule has 3 heterocycles. The van der Waals surface area contributed by atoms with E-state index in [1.165, 1.54) is 0 Å². The van der Waals surface area contributed by atoms with Crippen LogP contribution >= 0.6 is 0 Å². The van der Waals surface area contributed by atoms with Crippen molar-refractivity contribution in [2.75, 3.05) is 62.6 Å². The van der Waals surface area contributed by atoms with Gasteiger partial charge in [-0.25, -0.2) is 4.98 Å². The quantitative estimate of drug-likeness (QED) is 0.544. The Hall–Kier alpha value is -3.40. The molecule has 0 radical (unpaired) electrons. The van der Waals surface area contributed by atoms with E-state index >= 15 is 0 Å². The molecule has 1 saturated heterocycles. The fraction of sp³-hybridized carbons (Fsp3) is 0.520. The molecule has 10 heteroatoms. The first kappa shape index (κ1) is 23.3. The Morgan fingerprint density at radius 3 is 2.51 bits per heavy atom. The first-order chi connectivity index (χ1) is 17.1. The van der Waals surface area contributed by atoms with Crippen molar-refractivity contribution in [2.45, 2.75) is 37.8 Å². The van der Waals surface area contributed by atoms with Crippen LogP contribution in [0.4, 0.5) is 17.5 Å². The van der Waals surface area contributed by atoms with Crippen LogP contribution in [0.25, 0.3) is 11.0 Å². The second-order valence-corrected chi connectivity index (χ2v) is 9.19. The lowest BCUT2D eigenvalue weighted by molar-refractivity contribution is 0.122. The summed E-state index contributed by atoms with van der Waals surface area (Å²) in [6.45, 7) is 3.20. The monoisotopic (exact) mass is 479 g/mol. The summed E-state index contributed by atoms with van der Waals surface area (Å²) in [5.74, 6) is 2.77. The van der Waals surface area contributed by atoms with Crippen LogP contribution in [0.15, 0.2) is 30.6 Å². The fourth-order valence-electron chi connectivity index (χ4n) is 4.63. The fourth-order valence-corrected chi connectivity index (χ4v) is 4.63. The maximum atomic E-state index is 6.55. The number of fused-ring (bicyclic) bond motifs is 1. The number of morpholine rings is 1. The summed E-state index contributed by atoms with van der Waals surface area (Å²) in [4.78, 5) is 22.3. The number of anilines is 3. The van der Waals surface area contributed by atoms with Crippen molar-refractivity contribution in [1.29, 1.82) is 0 Å². The Morgan fingerprint density at radius 2 is 1.77 bits per heavy atom. The SMILES string of the molecule is COc1cc(N[C@H]2CC[C@@H](Oc3cc(N4CCOCC4)cc4nccnc34)CC2)nc(N(C)C)n1. The minimum Gasteiger partial charge on any atom is -0.488 e. The highest BCUT2D eigenvalue weighted by molar-refractivity contribution is 5.85. The zero-order valence-electron chi connectivity index (χ0n) is 20.6. The van der Waals surface area contributed by atoms with Crippen LogP contribution < -0.4 is 24.6 Å². The topological polar surface area (TPSA) is 97.8 Å². The molecule has 0 atom stereocenters. The summed E-state index contributed by atoms with van der Waals surface area (Å²) < 4.78 is 17.4. The molecule has 3 aromatic rings. The third kappa shape index (κ3) is 5.48. The molecular weight excluding hydrogens is 446 g/mol. The second-order valence-electron chi connectivity index (χ2n) is 9.19. The van der Waals surface area contributed by atoms with Gasteiger partial charge in [-0.15, -0.1) is 0 Å². The first-order valence-electron chi connectivity index (χ1n) is 12.2. The Bertz CT molecular complexity index is 1150. The molecule has 1 N–H and O–H groups in total. The number of nitrogens with one attached hydrogen (secondary N) is 1. The summed E-state index contributed by atoms with van der Waals surface area (Å²) in [7, 11) is 5.46. The van der Waals surface area contributed by atoms with Gasteiger partial charge in [0.1, 0.15) is 17.1 Å². The molecule has 0 unspecified atom stereocenters. The Labute approximate surface area is 205 Å². The third-order valence-electron chi connectivity index (χ3n) is 6.52. The molecule has 1 aliphatic heterocycles. The molecule has 5 rings (SSSR count). The normalized spacial score (nSPS) is 20.5. The number of rotatable bonds is 7. The maximum absolute atomic E-state index is 6.55. The van der Waals surface area contributed by atoms with Crippen LogP contribution in [0.2, 0.25) is 0 Å². The number of hydrogen-bond donors (Lipinski definition) is 1. The number of aromatic nitrogens is 4. The summed E-state index contributed by atoms with van der Waals surface area (Å²) in [5.41, 5.74) is 2.78. The van der Waals surface area contributed by atoms with Crippen molar-refractivity contribution < 1.29 is 14.2 Å². The second kappa shape index (κ2) is 10.5. The van der Waals surface area contributed by atoms with Crippen LogP contribution in [0.1, 0.15) is 25.7 Å². The Balaban J connectivity index is 1.26. The molecule has 2 fully saturated rings. The molecule has 1 aromatic carbocycles. The Kier molecular flexibility index (Phi) is 6.98. The van der Waals surface area contributed by atoms with E-state index in [0.29, 0.717) is 17.9 Å². The number of methoxy groups -OCH3 is 1. The van der Waals surface area contributed by atoms with Crippen LogP contribution in [-0.4, -0.2) is 79.6 Å². The van der Waals surface area contributed by atoms with Crippen LogP contribution in [0.3, 0.4) is 0 Å². The summed E-state index contributed by atoms with van der Waals surface area (Å²) >= 11 is 0. The van der Waals surface area contributed by atoms with Crippen LogP contribution in [0, 0.1) is 0 Å². The minimum atomic E-state index is 0.135. The molecule has 1 aliphatic carbocycles. The molecule has 0 spiro atoms. The van der Waals surface area contributed by atoms with E-state index in [9.17, 15) is 0 Å². The lowest BCUT2D eigenvalue weighted by atomic mass is 9.93. The zero-order chi connectivity index (χ0) is 24.2. The average molecular weight is 480 g/mol.